The first-order chi connectivity index (χ1) is 9.55. The van der Waals surface area contributed by atoms with Gasteiger partial charge in [-0.15, -0.1) is 0 Å². The van der Waals surface area contributed by atoms with E-state index in [-0.39, 0.29) is 5.97 Å². The van der Waals surface area contributed by atoms with Gasteiger partial charge in [-0.3, -0.25) is 0 Å². The first kappa shape index (κ1) is 20.2. The van der Waals surface area contributed by atoms with Crippen molar-refractivity contribution in [2.24, 2.45) is 0 Å². The van der Waals surface area contributed by atoms with Gasteiger partial charge in [0.1, 0.15) is 5.60 Å². The number of carbonyl (C=O) groups excluding carboxylic acids is 1. The van der Waals surface area contributed by atoms with E-state index in [2.05, 4.69) is 38.3 Å². The van der Waals surface area contributed by atoms with Crippen LogP contribution in [0.2, 0.25) is 19.6 Å². The number of hydrogen-bond donors (Lipinski definition) is 0. The van der Waals surface area contributed by atoms with E-state index in [1.54, 1.807) is 0 Å². The third-order valence-electron chi connectivity index (χ3n) is 2.74. The standard InChI is InChI=1S/C18H34O2Si/c1-8-9-10-11-12-13-14-16(15-21(5,6)7)17(19)20-18(2,3)4/h13-15H,8-12H2,1-7H3/b14-13+,16-15-. The molecule has 0 saturated carbocycles. The highest BCUT2D eigenvalue weighted by Gasteiger charge is 2.20. The second-order valence-electron chi connectivity index (χ2n) is 7.72. The van der Waals surface area contributed by atoms with Crippen LogP contribution in [0.5, 0.6) is 0 Å². The number of carbonyl (C=O) groups is 1. The number of unbranched alkanes of at least 4 members (excludes halogenated alkanes) is 4. The van der Waals surface area contributed by atoms with Crippen molar-refractivity contribution in [3.63, 3.8) is 0 Å². The van der Waals surface area contributed by atoms with Gasteiger partial charge in [0.2, 0.25) is 0 Å². The van der Waals surface area contributed by atoms with Crippen molar-refractivity contribution in [1.82, 2.24) is 0 Å². The molecule has 122 valence electrons. The van der Waals surface area contributed by atoms with Gasteiger partial charge in [0.05, 0.1) is 13.6 Å². The zero-order valence-corrected chi connectivity index (χ0v) is 16.1. The molecular weight excluding hydrogens is 276 g/mol. The Morgan fingerprint density at radius 1 is 1.10 bits per heavy atom. The molecule has 0 atom stereocenters. The zero-order valence-electron chi connectivity index (χ0n) is 15.1. The van der Waals surface area contributed by atoms with Gasteiger partial charge in [-0.1, -0.05) is 63.7 Å². The summed E-state index contributed by atoms with van der Waals surface area (Å²) in [4.78, 5) is 12.3. The Labute approximate surface area is 132 Å². The minimum atomic E-state index is -1.45. The van der Waals surface area contributed by atoms with Crippen LogP contribution in [-0.2, 0) is 9.53 Å². The smallest absolute Gasteiger partial charge is 0.337 e. The highest BCUT2D eigenvalue weighted by molar-refractivity contribution is 6.81. The molecule has 2 nitrogen and oxygen atoms in total. The lowest BCUT2D eigenvalue weighted by Gasteiger charge is -2.21. The monoisotopic (exact) mass is 310 g/mol. The Morgan fingerprint density at radius 3 is 2.19 bits per heavy atom. The molecule has 0 aromatic carbocycles. The molecule has 0 heterocycles. The molecule has 0 fully saturated rings. The van der Waals surface area contributed by atoms with Crippen LogP contribution >= 0.6 is 0 Å². The van der Waals surface area contributed by atoms with Crippen molar-refractivity contribution in [3.8, 4) is 0 Å². The SMILES string of the molecule is CCCCCC/C=C/C(=C/[Si](C)(C)C)C(=O)OC(C)(C)C. The fourth-order valence-corrected chi connectivity index (χ4v) is 3.02. The highest BCUT2D eigenvalue weighted by atomic mass is 28.3. The lowest BCUT2D eigenvalue weighted by atomic mass is 10.1. The second-order valence-corrected chi connectivity index (χ2v) is 12.7. The molecule has 3 heteroatoms. The number of rotatable bonds is 8. The molecule has 0 aromatic heterocycles. The van der Waals surface area contributed by atoms with Gasteiger partial charge >= 0.3 is 5.97 Å². The summed E-state index contributed by atoms with van der Waals surface area (Å²) in [5, 5.41) is 0. The number of hydrogen-bond acceptors (Lipinski definition) is 2. The van der Waals surface area contributed by atoms with Crippen LogP contribution < -0.4 is 0 Å². The third-order valence-corrected chi connectivity index (χ3v) is 3.92. The molecule has 0 radical (unpaired) electrons. The van der Waals surface area contributed by atoms with E-state index in [1.165, 1.54) is 25.7 Å². The molecule has 0 saturated heterocycles. The summed E-state index contributed by atoms with van der Waals surface area (Å²) in [6.07, 6.45) is 10.1. The maximum absolute atomic E-state index is 12.3. The molecule has 21 heavy (non-hydrogen) atoms. The topological polar surface area (TPSA) is 26.3 Å². The minimum Gasteiger partial charge on any atom is -0.456 e. The van der Waals surface area contributed by atoms with Crippen LogP contribution in [0.15, 0.2) is 23.4 Å². The maximum atomic E-state index is 12.3. The molecular formula is C18H34O2Si. The van der Waals surface area contributed by atoms with Crippen molar-refractivity contribution >= 4 is 14.0 Å². The quantitative estimate of drug-likeness (QED) is 0.190. The van der Waals surface area contributed by atoms with Crippen LogP contribution in [0.25, 0.3) is 0 Å². The highest BCUT2D eigenvalue weighted by Crippen LogP contribution is 2.16. The lowest BCUT2D eigenvalue weighted by molar-refractivity contribution is -0.149. The van der Waals surface area contributed by atoms with Gasteiger partial charge in [0.15, 0.2) is 0 Å². The van der Waals surface area contributed by atoms with E-state index in [9.17, 15) is 4.79 Å². The van der Waals surface area contributed by atoms with Crippen molar-refractivity contribution in [3.05, 3.63) is 23.4 Å². The first-order valence-electron chi connectivity index (χ1n) is 8.18. The maximum Gasteiger partial charge on any atom is 0.337 e. The summed E-state index contributed by atoms with van der Waals surface area (Å²) < 4.78 is 5.51. The number of ether oxygens (including phenoxy) is 1. The Kier molecular flexibility index (Phi) is 8.87. The summed E-state index contributed by atoms with van der Waals surface area (Å²) in [6, 6.07) is 0. The van der Waals surface area contributed by atoms with Gasteiger partial charge in [-0.2, -0.15) is 0 Å². The van der Waals surface area contributed by atoms with E-state index in [0.29, 0.717) is 0 Å². The Bertz CT molecular complexity index is 368. The lowest BCUT2D eigenvalue weighted by Crippen LogP contribution is -2.26. The van der Waals surface area contributed by atoms with E-state index in [1.807, 2.05) is 26.8 Å². The second kappa shape index (κ2) is 9.24. The van der Waals surface area contributed by atoms with Crippen molar-refractivity contribution in [1.29, 1.82) is 0 Å². The molecule has 0 bridgehead atoms. The Hall–Kier alpha value is -0.833. The average Bonchev–Trinajstić information content (AvgIpc) is 2.28. The fourth-order valence-electron chi connectivity index (χ4n) is 1.88. The van der Waals surface area contributed by atoms with E-state index in [0.717, 1.165) is 12.0 Å². The Morgan fingerprint density at radius 2 is 1.71 bits per heavy atom. The molecule has 0 aliphatic heterocycles. The molecule has 0 N–H and O–H groups in total. The summed E-state index contributed by atoms with van der Waals surface area (Å²) in [6.45, 7) is 14.6. The van der Waals surface area contributed by atoms with Crippen LogP contribution in [0.3, 0.4) is 0 Å². The number of allylic oxidation sites excluding steroid dienone is 1. The Balaban J connectivity index is 4.73. The molecule has 0 spiro atoms. The van der Waals surface area contributed by atoms with E-state index < -0.39 is 13.7 Å². The molecule has 0 aliphatic rings. The molecule has 0 rings (SSSR count). The van der Waals surface area contributed by atoms with E-state index >= 15 is 0 Å². The summed E-state index contributed by atoms with van der Waals surface area (Å²) >= 11 is 0. The predicted octanol–water partition coefficient (Wildman–Crippen LogP) is 5.66. The van der Waals surface area contributed by atoms with Crippen LogP contribution in [0, 0.1) is 0 Å². The van der Waals surface area contributed by atoms with Crippen molar-refractivity contribution < 1.29 is 9.53 Å². The first-order valence-corrected chi connectivity index (χ1v) is 11.8. The molecule has 0 unspecified atom stereocenters. The van der Waals surface area contributed by atoms with Gasteiger partial charge < -0.3 is 4.74 Å². The average molecular weight is 311 g/mol. The summed E-state index contributed by atoms with van der Waals surface area (Å²) in [5.41, 5.74) is 2.41. The van der Waals surface area contributed by atoms with Gasteiger partial charge in [0.25, 0.3) is 0 Å². The largest absolute Gasteiger partial charge is 0.456 e. The molecule has 0 amide bonds. The molecule has 0 aromatic rings. The van der Waals surface area contributed by atoms with Gasteiger partial charge in [-0.25, -0.2) is 4.79 Å². The van der Waals surface area contributed by atoms with Crippen LogP contribution in [0.1, 0.15) is 59.8 Å². The molecule has 0 aliphatic carbocycles. The predicted molar refractivity (Wildman–Crippen MR) is 95.2 cm³/mol. The van der Waals surface area contributed by atoms with Gasteiger partial charge in [0, 0.05) is 0 Å². The third kappa shape index (κ3) is 12.6. The number of esters is 1. The van der Waals surface area contributed by atoms with Crippen LogP contribution in [-0.4, -0.2) is 19.6 Å². The fraction of sp³-hybridized carbons (Fsp3) is 0.722. The van der Waals surface area contributed by atoms with Crippen LogP contribution in [0.4, 0.5) is 0 Å². The zero-order chi connectivity index (χ0) is 16.5. The van der Waals surface area contributed by atoms with Crippen molar-refractivity contribution in [2.45, 2.75) is 85.0 Å². The van der Waals surface area contributed by atoms with Gasteiger partial charge in [-0.05, 0) is 33.6 Å². The van der Waals surface area contributed by atoms with E-state index in [4.69, 9.17) is 4.74 Å². The summed E-state index contributed by atoms with van der Waals surface area (Å²) in [5.74, 6) is -0.199. The normalized spacial score (nSPS) is 13.8. The minimum absolute atomic E-state index is 0.199. The summed E-state index contributed by atoms with van der Waals surface area (Å²) in [7, 11) is -1.45. The van der Waals surface area contributed by atoms with Crippen molar-refractivity contribution in [2.75, 3.05) is 0 Å².